The first-order valence-corrected chi connectivity index (χ1v) is 7.42. The second-order valence-corrected chi connectivity index (χ2v) is 6.33. The molecule has 0 unspecified atom stereocenters. The monoisotopic (exact) mass is 278 g/mol. The van der Waals surface area contributed by atoms with Crippen molar-refractivity contribution in [2.24, 2.45) is 0 Å². The molecule has 0 radical (unpaired) electrons. The van der Waals surface area contributed by atoms with Gasteiger partial charge in [-0.3, -0.25) is 4.79 Å². The zero-order valence-corrected chi connectivity index (χ0v) is 12.1. The fourth-order valence-electron chi connectivity index (χ4n) is 4.30. The Morgan fingerprint density at radius 1 is 0.857 bits per heavy atom. The predicted octanol–water partition coefficient (Wildman–Crippen LogP) is 3.64. The first-order valence-electron chi connectivity index (χ1n) is 7.42. The zero-order chi connectivity index (χ0) is 14.5. The van der Waals surface area contributed by atoms with Crippen LogP contribution >= 0.6 is 0 Å². The van der Waals surface area contributed by atoms with Crippen LogP contribution in [0.1, 0.15) is 30.4 Å². The molecule has 0 bridgehead atoms. The molecule has 2 atom stereocenters. The minimum atomic E-state index is 0.0116. The van der Waals surface area contributed by atoms with Crippen molar-refractivity contribution in [3.63, 3.8) is 0 Å². The average Bonchev–Trinajstić information content (AvgIpc) is 3.07. The van der Waals surface area contributed by atoms with E-state index in [0.29, 0.717) is 18.6 Å². The highest BCUT2D eigenvalue weighted by Gasteiger charge is 2.73. The van der Waals surface area contributed by atoms with Gasteiger partial charge in [0.2, 0.25) is 0 Å². The molecule has 0 aromatic heterocycles. The minimum absolute atomic E-state index is 0.0116. The highest BCUT2D eigenvalue weighted by atomic mass is 16.5. The first kappa shape index (κ1) is 12.6. The van der Waals surface area contributed by atoms with Gasteiger partial charge < -0.3 is 4.74 Å². The van der Waals surface area contributed by atoms with Crippen molar-refractivity contribution in [1.82, 2.24) is 0 Å². The number of hydrogen-bond acceptors (Lipinski definition) is 2. The second kappa shape index (κ2) is 4.20. The Labute approximate surface area is 124 Å². The number of ketones is 1. The molecule has 2 aromatic rings. The Balaban J connectivity index is 1.78. The number of benzene rings is 2. The van der Waals surface area contributed by atoms with Gasteiger partial charge in [0.05, 0.1) is 7.11 Å². The van der Waals surface area contributed by atoms with Gasteiger partial charge >= 0.3 is 0 Å². The van der Waals surface area contributed by atoms with E-state index in [4.69, 9.17) is 4.74 Å². The van der Waals surface area contributed by atoms with E-state index in [2.05, 4.69) is 36.4 Å². The van der Waals surface area contributed by atoms with Crippen LogP contribution in [0.2, 0.25) is 0 Å². The number of ether oxygens (including phenoxy) is 1. The molecule has 2 saturated carbocycles. The van der Waals surface area contributed by atoms with Crippen LogP contribution in [0.15, 0.2) is 54.6 Å². The molecule has 106 valence electrons. The van der Waals surface area contributed by atoms with Crippen LogP contribution in [-0.2, 0) is 15.6 Å². The van der Waals surface area contributed by atoms with Crippen molar-refractivity contribution < 1.29 is 9.53 Å². The molecule has 4 rings (SSSR count). The molecule has 2 heteroatoms. The molecule has 2 aliphatic rings. The summed E-state index contributed by atoms with van der Waals surface area (Å²) in [4.78, 5) is 12.1. The first-order chi connectivity index (χ1) is 10.2. The molecule has 0 heterocycles. The van der Waals surface area contributed by atoms with Crippen LogP contribution < -0.4 is 4.74 Å². The molecule has 0 saturated heterocycles. The molecule has 21 heavy (non-hydrogen) atoms. The topological polar surface area (TPSA) is 26.3 Å². The molecule has 2 nitrogen and oxygen atoms in total. The Kier molecular flexibility index (Phi) is 2.53. The van der Waals surface area contributed by atoms with E-state index in [1.807, 2.05) is 18.2 Å². The Hall–Kier alpha value is -2.09. The van der Waals surface area contributed by atoms with E-state index in [-0.39, 0.29) is 10.8 Å². The van der Waals surface area contributed by atoms with Crippen molar-refractivity contribution in [3.05, 3.63) is 65.7 Å². The molecular weight excluding hydrogens is 260 g/mol. The number of hydrogen-bond donors (Lipinski definition) is 0. The van der Waals surface area contributed by atoms with Gasteiger partial charge in [-0.05, 0) is 29.7 Å². The Morgan fingerprint density at radius 2 is 1.43 bits per heavy atom. The third kappa shape index (κ3) is 1.62. The summed E-state index contributed by atoms with van der Waals surface area (Å²) in [7, 11) is 1.68. The average molecular weight is 278 g/mol. The van der Waals surface area contributed by atoms with Crippen LogP contribution in [0.4, 0.5) is 0 Å². The summed E-state index contributed by atoms with van der Waals surface area (Å²) in [6.07, 6.45) is 2.44. The van der Waals surface area contributed by atoms with Crippen LogP contribution in [0, 0.1) is 0 Å². The van der Waals surface area contributed by atoms with Crippen LogP contribution in [0.25, 0.3) is 0 Å². The maximum Gasteiger partial charge on any atom is 0.134 e. The normalized spacial score (nSPS) is 30.0. The molecule has 0 N–H and O–H groups in total. The van der Waals surface area contributed by atoms with Crippen LogP contribution in [-0.4, -0.2) is 12.9 Å². The second-order valence-electron chi connectivity index (χ2n) is 6.33. The minimum Gasteiger partial charge on any atom is -0.497 e. The van der Waals surface area contributed by atoms with E-state index in [1.165, 1.54) is 11.1 Å². The van der Waals surface area contributed by atoms with Crippen molar-refractivity contribution in [3.8, 4) is 5.75 Å². The molecule has 2 aromatic carbocycles. The van der Waals surface area contributed by atoms with Crippen molar-refractivity contribution in [2.75, 3.05) is 7.11 Å². The van der Waals surface area contributed by atoms with E-state index in [0.717, 1.165) is 12.2 Å². The van der Waals surface area contributed by atoms with Crippen LogP contribution in [0.3, 0.4) is 0 Å². The lowest BCUT2D eigenvalue weighted by Crippen LogP contribution is -2.16. The lowest BCUT2D eigenvalue weighted by Gasteiger charge is -2.19. The van der Waals surface area contributed by atoms with Gasteiger partial charge in [-0.15, -0.1) is 0 Å². The lowest BCUT2D eigenvalue weighted by atomic mass is 9.84. The van der Waals surface area contributed by atoms with Crippen molar-refractivity contribution in [2.45, 2.75) is 30.1 Å². The van der Waals surface area contributed by atoms with Gasteiger partial charge in [0.15, 0.2) is 0 Å². The fourth-order valence-corrected chi connectivity index (χ4v) is 4.30. The summed E-state index contributed by atoms with van der Waals surface area (Å²) in [6, 6.07) is 18.8. The highest BCUT2D eigenvalue weighted by molar-refractivity contribution is 5.89. The number of methoxy groups -OCH3 is 1. The largest absolute Gasteiger partial charge is 0.497 e. The maximum absolute atomic E-state index is 12.1. The van der Waals surface area contributed by atoms with Crippen molar-refractivity contribution in [1.29, 1.82) is 0 Å². The van der Waals surface area contributed by atoms with Gasteiger partial charge in [0.1, 0.15) is 11.5 Å². The predicted molar refractivity (Wildman–Crippen MR) is 81.7 cm³/mol. The third-order valence-electron chi connectivity index (χ3n) is 5.36. The number of fused-ring (bicyclic) bond motifs is 1. The summed E-state index contributed by atoms with van der Waals surface area (Å²) in [5, 5.41) is 0. The zero-order valence-electron chi connectivity index (χ0n) is 12.1. The lowest BCUT2D eigenvalue weighted by molar-refractivity contribution is -0.118. The van der Waals surface area contributed by atoms with E-state index in [1.54, 1.807) is 7.11 Å². The summed E-state index contributed by atoms with van der Waals surface area (Å²) >= 11 is 0. The molecular formula is C19H18O2. The Bertz CT molecular complexity index is 689. The number of carbonyl (C=O) groups is 1. The SMILES string of the molecule is COc1ccc([C@]23CC(=O)C[C@@]2(c2ccccc2)C3)cc1. The Morgan fingerprint density at radius 3 is 2.00 bits per heavy atom. The van der Waals surface area contributed by atoms with Gasteiger partial charge in [-0.25, -0.2) is 0 Å². The molecule has 0 amide bonds. The van der Waals surface area contributed by atoms with Crippen LogP contribution in [0.5, 0.6) is 5.75 Å². The summed E-state index contributed by atoms with van der Waals surface area (Å²) in [5.74, 6) is 1.26. The smallest absolute Gasteiger partial charge is 0.134 e. The number of rotatable bonds is 3. The molecule has 0 aliphatic heterocycles. The van der Waals surface area contributed by atoms with Gasteiger partial charge in [0.25, 0.3) is 0 Å². The molecule has 2 fully saturated rings. The summed E-state index contributed by atoms with van der Waals surface area (Å²) in [6.45, 7) is 0. The van der Waals surface area contributed by atoms with E-state index in [9.17, 15) is 4.79 Å². The maximum atomic E-state index is 12.1. The quantitative estimate of drug-likeness (QED) is 0.857. The summed E-state index contributed by atoms with van der Waals surface area (Å²) < 4.78 is 5.24. The highest BCUT2D eigenvalue weighted by Crippen LogP contribution is 2.73. The summed E-state index contributed by atoms with van der Waals surface area (Å²) in [5.41, 5.74) is 2.63. The van der Waals surface area contributed by atoms with E-state index < -0.39 is 0 Å². The molecule has 2 aliphatic carbocycles. The van der Waals surface area contributed by atoms with E-state index >= 15 is 0 Å². The fraction of sp³-hybridized carbons (Fsp3) is 0.316. The molecule has 0 spiro atoms. The van der Waals surface area contributed by atoms with Crippen molar-refractivity contribution >= 4 is 5.78 Å². The van der Waals surface area contributed by atoms with Gasteiger partial charge in [-0.2, -0.15) is 0 Å². The standard InChI is InChI=1S/C19H18O2/c1-21-17-9-7-15(8-10-17)19-12-16(20)11-18(19,13-19)14-5-3-2-4-6-14/h2-10H,11-13H2,1H3/t18-,19+/m0/s1. The number of Topliss-reactive ketones (excluding diaryl/α,β-unsaturated/α-hetero) is 1. The van der Waals surface area contributed by atoms with Gasteiger partial charge in [-0.1, -0.05) is 42.5 Å². The third-order valence-corrected chi connectivity index (χ3v) is 5.36. The number of carbonyl (C=O) groups excluding carboxylic acids is 1. The van der Waals surface area contributed by atoms with Gasteiger partial charge in [0, 0.05) is 23.7 Å².